The summed E-state index contributed by atoms with van der Waals surface area (Å²) in [5.41, 5.74) is 11.3. The van der Waals surface area contributed by atoms with Gasteiger partial charge in [-0.25, -0.2) is 0 Å². The zero-order valence-corrected chi connectivity index (χ0v) is 26.5. The van der Waals surface area contributed by atoms with Gasteiger partial charge in [0.2, 0.25) is 0 Å². The minimum Gasteiger partial charge on any atom is -0.456 e. The molecule has 2 heterocycles. The molecule has 0 fully saturated rings. The van der Waals surface area contributed by atoms with E-state index in [1.807, 2.05) is 24.3 Å². The van der Waals surface area contributed by atoms with Gasteiger partial charge in [0.1, 0.15) is 16.7 Å². The summed E-state index contributed by atoms with van der Waals surface area (Å²) in [5, 5.41) is 6.96. The van der Waals surface area contributed by atoms with E-state index in [2.05, 4.69) is 157 Å². The van der Waals surface area contributed by atoms with Crippen molar-refractivity contribution in [2.75, 3.05) is 4.90 Å². The van der Waals surface area contributed by atoms with Crippen LogP contribution in [0, 0.1) is 0 Å². The maximum Gasteiger partial charge on any atom is 0.159 e. The van der Waals surface area contributed by atoms with Gasteiger partial charge < -0.3 is 13.7 Å². The number of fused-ring (bicyclic) bond motifs is 7. The first-order valence-electron chi connectivity index (χ1n) is 16.6. The van der Waals surface area contributed by atoms with Crippen LogP contribution in [-0.2, 0) is 0 Å². The SMILES string of the molecule is c1ccc2cc(-c3ccc(N(c4ccc(-c5ccc6oc7ccccc7c6c5)cc4)c4cccc5c4oc4ccccc45)cc3)ccc2c1. The zero-order chi connectivity index (χ0) is 32.3. The number of hydrogen-bond donors (Lipinski definition) is 0. The van der Waals surface area contributed by atoms with Gasteiger partial charge in [0.15, 0.2) is 5.58 Å². The van der Waals surface area contributed by atoms with Gasteiger partial charge in [-0.3, -0.25) is 0 Å². The predicted octanol–water partition coefficient (Wildman–Crippen LogP) is 13.4. The van der Waals surface area contributed by atoms with E-state index in [9.17, 15) is 0 Å². The van der Waals surface area contributed by atoms with Gasteiger partial charge in [0.05, 0.1) is 5.69 Å². The van der Waals surface area contributed by atoms with Crippen molar-refractivity contribution in [1.82, 2.24) is 0 Å². The van der Waals surface area contributed by atoms with Gasteiger partial charge in [-0.1, -0.05) is 115 Å². The fraction of sp³-hybridized carbons (Fsp3) is 0. The minimum atomic E-state index is 0.865. The second-order valence-corrected chi connectivity index (χ2v) is 12.6. The lowest BCUT2D eigenvalue weighted by Gasteiger charge is -2.26. The van der Waals surface area contributed by atoms with Crippen molar-refractivity contribution in [1.29, 1.82) is 0 Å². The number of nitrogens with zero attached hydrogens (tertiary/aromatic N) is 1. The molecular formula is C46H29NO2. The standard InChI is InChI=1S/C46H29NO2/c1-2-9-33-28-34(17-16-30(33)8-1)31-18-23-36(24-19-31)47(42-13-7-12-40-38-10-3-6-15-44(38)49-46(40)42)37-25-20-32(21-26-37)35-22-27-45-41(29-35)39-11-4-5-14-43(39)48-45/h1-29H. The van der Waals surface area contributed by atoms with Crippen LogP contribution < -0.4 is 4.90 Å². The van der Waals surface area contributed by atoms with Crippen LogP contribution >= 0.6 is 0 Å². The fourth-order valence-electron chi connectivity index (χ4n) is 7.22. The van der Waals surface area contributed by atoms with E-state index in [0.29, 0.717) is 0 Å². The molecule has 49 heavy (non-hydrogen) atoms. The highest BCUT2D eigenvalue weighted by Gasteiger charge is 2.20. The maximum atomic E-state index is 6.55. The quantitative estimate of drug-likeness (QED) is 0.190. The van der Waals surface area contributed by atoms with Crippen molar-refractivity contribution in [3.05, 3.63) is 176 Å². The molecule has 10 aromatic rings. The second kappa shape index (κ2) is 11.0. The summed E-state index contributed by atoms with van der Waals surface area (Å²) in [6.07, 6.45) is 0. The first kappa shape index (κ1) is 27.5. The van der Waals surface area contributed by atoms with Gasteiger partial charge in [-0.2, -0.15) is 0 Å². The van der Waals surface area contributed by atoms with E-state index < -0.39 is 0 Å². The molecule has 0 atom stereocenters. The van der Waals surface area contributed by atoms with Crippen molar-refractivity contribution < 1.29 is 8.83 Å². The molecule has 3 heteroatoms. The Morgan fingerprint density at radius 2 is 0.857 bits per heavy atom. The van der Waals surface area contributed by atoms with E-state index in [0.717, 1.165) is 72.1 Å². The average Bonchev–Trinajstić information content (AvgIpc) is 3.74. The number of anilines is 3. The van der Waals surface area contributed by atoms with E-state index >= 15 is 0 Å². The Balaban J connectivity index is 1.09. The van der Waals surface area contributed by atoms with Crippen molar-refractivity contribution in [3.8, 4) is 22.3 Å². The number of furan rings is 2. The Morgan fingerprint density at radius 3 is 1.59 bits per heavy atom. The molecule has 0 saturated carbocycles. The molecule has 8 aromatic carbocycles. The Kier molecular flexibility index (Phi) is 6.18. The van der Waals surface area contributed by atoms with Crippen molar-refractivity contribution in [2.24, 2.45) is 0 Å². The summed E-state index contributed by atoms with van der Waals surface area (Å²) in [4.78, 5) is 2.30. The molecule has 0 unspecified atom stereocenters. The predicted molar refractivity (Wildman–Crippen MR) is 204 cm³/mol. The van der Waals surface area contributed by atoms with Crippen molar-refractivity contribution in [2.45, 2.75) is 0 Å². The summed E-state index contributed by atoms with van der Waals surface area (Å²) in [7, 11) is 0. The lowest BCUT2D eigenvalue weighted by atomic mass is 10.0. The summed E-state index contributed by atoms with van der Waals surface area (Å²) in [6.45, 7) is 0. The maximum absolute atomic E-state index is 6.55. The molecule has 230 valence electrons. The lowest BCUT2D eigenvalue weighted by Crippen LogP contribution is -2.10. The molecule has 0 amide bonds. The number of rotatable bonds is 5. The van der Waals surface area contributed by atoms with Gasteiger partial charge in [0, 0.05) is 32.9 Å². The van der Waals surface area contributed by atoms with Crippen LogP contribution in [-0.4, -0.2) is 0 Å². The summed E-state index contributed by atoms with van der Waals surface area (Å²) < 4.78 is 12.6. The van der Waals surface area contributed by atoms with Crippen LogP contribution in [0.4, 0.5) is 17.1 Å². The molecule has 3 nitrogen and oxygen atoms in total. The van der Waals surface area contributed by atoms with Crippen molar-refractivity contribution >= 4 is 71.7 Å². The molecule has 0 N–H and O–H groups in total. The third kappa shape index (κ3) is 4.59. The summed E-state index contributed by atoms with van der Waals surface area (Å²) in [5.74, 6) is 0. The first-order chi connectivity index (χ1) is 24.3. The number of benzene rings is 8. The Hall–Kier alpha value is -6.58. The van der Waals surface area contributed by atoms with E-state index in [1.54, 1.807) is 0 Å². The molecular weight excluding hydrogens is 599 g/mol. The Labute approximate surface area is 282 Å². The number of para-hydroxylation sites is 3. The monoisotopic (exact) mass is 627 g/mol. The smallest absolute Gasteiger partial charge is 0.159 e. The average molecular weight is 628 g/mol. The molecule has 0 radical (unpaired) electrons. The Morgan fingerprint density at radius 1 is 0.327 bits per heavy atom. The molecule has 0 bridgehead atoms. The molecule has 0 saturated heterocycles. The first-order valence-corrected chi connectivity index (χ1v) is 16.6. The molecule has 10 rings (SSSR count). The van der Waals surface area contributed by atoms with Crippen LogP contribution in [0.15, 0.2) is 185 Å². The fourth-order valence-corrected chi connectivity index (χ4v) is 7.22. The topological polar surface area (TPSA) is 29.5 Å². The molecule has 0 aliphatic heterocycles. The normalized spacial score (nSPS) is 11.7. The highest BCUT2D eigenvalue weighted by atomic mass is 16.3. The van der Waals surface area contributed by atoms with Crippen LogP contribution in [0.3, 0.4) is 0 Å². The molecule has 0 spiro atoms. The third-order valence-electron chi connectivity index (χ3n) is 9.67. The van der Waals surface area contributed by atoms with Gasteiger partial charge in [-0.15, -0.1) is 0 Å². The van der Waals surface area contributed by atoms with E-state index in [1.165, 1.54) is 21.9 Å². The third-order valence-corrected chi connectivity index (χ3v) is 9.67. The minimum absolute atomic E-state index is 0.865. The zero-order valence-electron chi connectivity index (χ0n) is 26.5. The largest absolute Gasteiger partial charge is 0.456 e. The van der Waals surface area contributed by atoms with Crippen LogP contribution in [0.25, 0.3) is 76.9 Å². The van der Waals surface area contributed by atoms with Crippen LogP contribution in [0.1, 0.15) is 0 Å². The van der Waals surface area contributed by atoms with Crippen molar-refractivity contribution in [3.63, 3.8) is 0 Å². The molecule has 0 aliphatic carbocycles. The van der Waals surface area contributed by atoms with Gasteiger partial charge >= 0.3 is 0 Å². The van der Waals surface area contributed by atoms with Crippen LogP contribution in [0.2, 0.25) is 0 Å². The molecule has 2 aromatic heterocycles. The second-order valence-electron chi connectivity index (χ2n) is 12.6. The van der Waals surface area contributed by atoms with E-state index in [4.69, 9.17) is 8.83 Å². The van der Waals surface area contributed by atoms with Gasteiger partial charge in [-0.05, 0) is 93.7 Å². The Bertz CT molecular complexity index is 2820. The van der Waals surface area contributed by atoms with Gasteiger partial charge in [0.25, 0.3) is 0 Å². The summed E-state index contributed by atoms with van der Waals surface area (Å²) >= 11 is 0. The number of hydrogen-bond acceptors (Lipinski definition) is 3. The van der Waals surface area contributed by atoms with Crippen LogP contribution in [0.5, 0.6) is 0 Å². The highest BCUT2D eigenvalue weighted by molar-refractivity contribution is 6.10. The highest BCUT2D eigenvalue weighted by Crippen LogP contribution is 2.43. The molecule has 0 aliphatic rings. The summed E-state index contributed by atoms with van der Waals surface area (Å²) in [6, 6.07) is 62.1. The lowest BCUT2D eigenvalue weighted by molar-refractivity contribution is 0.668. The van der Waals surface area contributed by atoms with E-state index in [-0.39, 0.29) is 0 Å².